The van der Waals surface area contributed by atoms with E-state index in [1.807, 2.05) is 30.3 Å². The van der Waals surface area contributed by atoms with E-state index in [2.05, 4.69) is 24.9 Å². The van der Waals surface area contributed by atoms with Crippen molar-refractivity contribution in [3.05, 3.63) is 47.5 Å². The Bertz CT molecular complexity index is 1150. The molecule has 2 aromatic carbocycles. The quantitative estimate of drug-likeness (QED) is 0.0906. The number of ketones is 2. The third-order valence-electron chi connectivity index (χ3n) is 8.28. The predicted octanol–water partition coefficient (Wildman–Crippen LogP) is 12.1. The van der Waals surface area contributed by atoms with Crippen molar-refractivity contribution in [2.45, 2.75) is 142 Å². The van der Waals surface area contributed by atoms with E-state index in [4.69, 9.17) is 0 Å². The Labute approximate surface area is 254 Å². The van der Waals surface area contributed by atoms with Crippen LogP contribution < -0.4 is 0 Å². The number of fused-ring (bicyclic) bond motifs is 3. The molecule has 0 spiro atoms. The summed E-state index contributed by atoms with van der Waals surface area (Å²) in [4.78, 5) is 30.5. The number of aromatic nitrogens is 1. The highest BCUT2D eigenvalue weighted by atomic mass is 79.9. The molecule has 0 amide bonds. The topological polar surface area (TPSA) is 49.9 Å². The van der Waals surface area contributed by atoms with Crippen LogP contribution in [0.4, 0.5) is 0 Å². The van der Waals surface area contributed by atoms with Crippen LogP contribution in [-0.2, 0) is 0 Å². The zero-order valence-corrected chi connectivity index (χ0v) is 27.0. The van der Waals surface area contributed by atoms with Crippen molar-refractivity contribution in [2.24, 2.45) is 0 Å². The van der Waals surface area contributed by atoms with Crippen LogP contribution in [-0.4, -0.2) is 16.6 Å². The average Bonchev–Trinajstić information content (AvgIpc) is 3.33. The van der Waals surface area contributed by atoms with E-state index in [-0.39, 0.29) is 28.5 Å². The van der Waals surface area contributed by atoms with E-state index in [1.165, 1.54) is 89.9 Å². The Morgan fingerprint density at radius 3 is 1.57 bits per heavy atom. The van der Waals surface area contributed by atoms with Crippen molar-refractivity contribution in [2.75, 3.05) is 0 Å². The molecule has 0 aliphatic carbocycles. The number of hydrogen-bond donors (Lipinski definition) is 1. The molecule has 1 heterocycles. The van der Waals surface area contributed by atoms with Crippen LogP contribution in [0.5, 0.6) is 0 Å². The maximum absolute atomic E-state index is 13.6. The van der Waals surface area contributed by atoms with Gasteiger partial charge in [0.15, 0.2) is 11.6 Å². The number of para-hydroxylation sites is 1. The Balaban J connectivity index is 0.00000560. The summed E-state index contributed by atoms with van der Waals surface area (Å²) in [5.41, 5.74) is 3.11. The van der Waals surface area contributed by atoms with Crippen molar-refractivity contribution in [3.8, 4) is 0 Å². The molecule has 4 heteroatoms. The van der Waals surface area contributed by atoms with Crippen molar-refractivity contribution in [1.82, 2.24) is 4.98 Å². The maximum atomic E-state index is 13.6. The molecule has 0 radical (unpaired) electrons. The fourth-order valence-corrected chi connectivity index (χ4v) is 5.89. The monoisotopic (exact) mass is 611 g/mol. The van der Waals surface area contributed by atoms with Gasteiger partial charge in [-0.25, -0.2) is 0 Å². The highest BCUT2D eigenvalue weighted by Crippen LogP contribution is 2.31. The molecule has 3 aromatic rings. The molecule has 0 atom stereocenters. The first-order valence-corrected chi connectivity index (χ1v) is 16.3. The molecule has 0 saturated carbocycles. The minimum absolute atomic E-state index is 0. The number of rotatable bonds is 22. The lowest BCUT2D eigenvalue weighted by molar-refractivity contribution is 0.0947. The number of H-pyrrole nitrogens is 1. The molecule has 0 saturated heterocycles. The second-order valence-electron chi connectivity index (χ2n) is 11.6. The first-order chi connectivity index (χ1) is 19.2. The van der Waals surface area contributed by atoms with Crippen LogP contribution in [0.15, 0.2) is 36.4 Å². The summed E-state index contributed by atoms with van der Waals surface area (Å²) in [5, 5.41) is 2.16. The third kappa shape index (κ3) is 10.8. The first-order valence-electron chi connectivity index (χ1n) is 16.3. The molecule has 0 fully saturated rings. The second kappa shape index (κ2) is 20.0. The van der Waals surface area contributed by atoms with E-state index in [0.717, 1.165) is 47.5 Å². The van der Waals surface area contributed by atoms with E-state index in [1.54, 1.807) is 0 Å². The molecule has 0 aliphatic rings. The number of nitrogens with one attached hydrogen (secondary N) is 1. The van der Waals surface area contributed by atoms with Crippen molar-refractivity contribution in [3.63, 3.8) is 0 Å². The lowest BCUT2D eigenvalue weighted by Crippen LogP contribution is -2.10. The van der Waals surface area contributed by atoms with Gasteiger partial charge in [-0.1, -0.05) is 141 Å². The van der Waals surface area contributed by atoms with Gasteiger partial charge < -0.3 is 4.98 Å². The van der Waals surface area contributed by atoms with Gasteiger partial charge in [0, 0.05) is 34.7 Å². The maximum Gasteiger partial charge on any atom is 0.165 e. The standard InChI is InChI=1S/C36H53NO2.BrH/c1-3-5-7-9-11-13-15-17-19-25-33(38)31-28-27-30-29-23-21-22-24-32(29)37-36(30)35(31)34(39)26-20-18-16-14-12-10-8-6-4-2;/h21-24,27-28,37H,3-20,25-26H2,1-2H3;1H. The van der Waals surface area contributed by atoms with Crippen LogP contribution in [0.25, 0.3) is 21.8 Å². The lowest BCUT2D eigenvalue weighted by atomic mass is 9.92. The Hall–Kier alpha value is -1.94. The van der Waals surface area contributed by atoms with E-state index < -0.39 is 0 Å². The zero-order chi connectivity index (χ0) is 27.7. The smallest absolute Gasteiger partial charge is 0.165 e. The molecule has 1 aromatic heterocycles. The van der Waals surface area contributed by atoms with Crippen LogP contribution in [0.1, 0.15) is 163 Å². The highest BCUT2D eigenvalue weighted by molar-refractivity contribution is 8.93. The molecular formula is C36H54BrNO2. The number of hydrogen-bond acceptors (Lipinski definition) is 2. The first kappa shape index (κ1) is 34.3. The average molecular weight is 613 g/mol. The molecule has 3 rings (SSSR count). The van der Waals surface area contributed by atoms with Crippen molar-refractivity contribution >= 4 is 50.4 Å². The fourth-order valence-electron chi connectivity index (χ4n) is 5.89. The second-order valence-corrected chi connectivity index (χ2v) is 11.6. The zero-order valence-electron chi connectivity index (χ0n) is 25.3. The summed E-state index contributed by atoms with van der Waals surface area (Å²) in [5.74, 6) is 0.236. The third-order valence-corrected chi connectivity index (χ3v) is 8.28. The van der Waals surface area contributed by atoms with Crippen LogP contribution in [0.3, 0.4) is 0 Å². The molecule has 40 heavy (non-hydrogen) atoms. The molecule has 0 unspecified atom stereocenters. The fraction of sp³-hybridized carbons (Fsp3) is 0.611. The van der Waals surface area contributed by atoms with Gasteiger partial charge >= 0.3 is 0 Å². The minimum Gasteiger partial charge on any atom is -0.354 e. The number of carbonyl (C=O) groups excluding carboxylic acids is 2. The van der Waals surface area contributed by atoms with Gasteiger partial charge in [-0.3, -0.25) is 9.59 Å². The normalized spacial score (nSPS) is 11.2. The van der Waals surface area contributed by atoms with Gasteiger partial charge in [-0.2, -0.15) is 0 Å². The van der Waals surface area contributed by atoms with E-state index >= 15 is 0 Å². The number of halogens is 1. The Morgan fingerprint density at radius 1 is 0.550 bits per heavy atom. The van der Waals surface area contributed by atoms with Crippen molar-refractivity contribution < 1.29 is 9.59 Å². The highest BCUT2D eigenvalue weighted by Gasteiger charge is 2.22. The molecule has 1 N–H and O–H groups in total. The molecule has 222 valence electrons. The summed E-state index contributed by atoms with van der Waals surface area (Å²) >= 11 is 0. The lowest BCUT2D eigenvalue weighted by Gasteiger charge is -2.10. The molecule has 3 nitrogen and oxygen atoms in total. The Morgan fingerprint density at radius 2 is 1.02 bits per heavy atom. The summed E-state index contributed by atoms with van der Waals surface area (Å²) in [6.45, 7) is 4.51. The molecular weight excluding hydrogens is 558 g/mol. The Kier molecular flexibility index (Phi) is 17.1. The van der Waals surface area contributed by atoms with Gasteiger partial charge in [-0.15, -0.1) is 17.0 Å². The summed E-state index contributed by atoms with van der Waals surface area (Å²) < 4.78 is 0. The molecule has 0 bridgehead atoms. The summed E-state index contributed by atoms with van der Waals surface area (Å²) in [6, 6.07) is 12.1. The van der Waals surface area contributed by atoms with Crippen LogP contribution in [0.2, 0.25) is 0 Å². The number of aromatic amines is 1. The van der Waals surface area contributed by atoms with Gasteiger partial charge in [0.2, 0.25) is 0 Å². The summed E-state index contributed by atoms with van der Waals surface area (Å²) in [7, 11) is 0. The minimum atomic E-state index is 0. The van der Waals surface area contributed by atoms with Crippen LogP contribution in [0, 0.1) is 0 Å². The number of Topliss-reactive ketones (excluding diaryl/α,β-unsaturated/α-hetero) is 2. The molecule has 0 aliphatic heterocycles. The number of carbonyl (C=O) groups is 2. The van der Waals surface area contributed by atoms with Gasteiger partial charge in [0.1, 0.15) is 0 Å². The predicted molar refractivity (Wildman–Crippen MR) is 178 cm³/mol. The van der Waals surface area contributed by atoms with Crippen molar-refractivity contribution in [1.29, 1.82) is 0 Å². The van der Waals surface area contributed by atoms with Gasteiger partial charge in [0.25, 0.3) is 0 Å². The number of benzene rings is 2. The van der Waals surface area contributed by atoms with E-state index in [9.17, 15) is 9.59 Å². The van der Waals surface area contributed by atoms with Gasteiger partial charge in [0.05, 0.1) is 11.1 Å². The van der Waals surface area contributed by atoms with Crippen LogP contribution >= 0.6 is 17.0 Å². The number of unbranched alkanes of at least 4 members (excludes halogenated alkanes) is 16. The summed E-state index contributed by atoms with van der Waals surface area (Å²) in [6.07, 6.45) is 23.2. The SMILES string of the molecule is Br.CCCCCCCCCCCC(=O)c1ccc2c([nH]c3ccccc32)c1C(=O)CCCCCCCCCCC. The van der Waals surface area contributed by atoms with E-state index in [0.29, 0.717) is 24.0 Å². The largest absolute Gasteiger partial charge is 0.354 e. The van der Waals surface area contributed by atoms with Gasteiger partial charge in [-0.05, 0) is 25.0 Å².